The van der Waals surface area contributed by atoms with E-state index in [4.69, 9.17) is 16.3 Å². The predicted molar refractivity (Wildman–Crippen MR) is 126 cm³/mol. The Kier molecular flexibility index (Phi) is 10.0. The molecule has 0 heterocycles. The summed E-state index contributed by atoms with van der Waals surface area (Å²) >= 11 is 5.86. The molecule has 1 atom stereocenters. The molecule has 0 aliphatic rings. The van der Waals surface area contributed by atoms with Gasteiger partial charge in [0.1, 0.15) is 11.8 Å². The Morgan fingerprint density at radius 3 is 2.25 bits per heavy atom. The van der Waals surface area contributed by atoms with Gasteiger partial charge in [0.25, 0.3) is 5.91 Å². The molecule has 32 heavy (non-hydrogen) atoms. The Bertz CT molecular complexity index is 898. The Hall–Kier alpha value is -3.06. The van der Waals surface area contributed by atoms with Gasteiger partial charge in [-0.3, -0.25) is 14.4 Å². The van der Waals surface area contributed by atoms with Gasteiger partial charge in [-0.2, -0.15) is 0 Å². The summed E-state index contributed by atoms with van der Waals surface area (Å²) in [5, 5.41) is 8.82. The molecule has 0 radical (unpaired) electrons. The first-order valence-corrected chi connectivity index (χ1v) is 11.0. The fraction of sp³-hybridized carbons (Fsp3) is 0.375. The van der Waals surface area contributed by atoms with Gasteiger partial charge in [-0.25, -0.2) is 0 Å². The largest absolute Gasteiger partial charge is 0.494 e. The van der Waals surface area contributed by atoms with Crippen LogP contribution in [0, 0.1) is 5.92 Å². The van der Waals surface area contributed by atoms with Gasteiger partial charge in [-0.15, -0.1) is 0 Å². The van der Waals surface area contributed by atoms with Gasteiger partial charge in [-0.1, -0.05) is 25.4 Å². The monoisotopic (exact) mass is 459 g/mol. The van der Waals surface area contributed by atoms with Gasteiger partial charge in [0.15, 0.2) is 0 Å². The second-order valence-corrected chi connectivity index (χ2v) is 8.15. The van der Waals surface area contributed by atoms with E-state index in [1.54, 1.807) is 48.5 Å². The number of hydrogen-bond acceptors (Lipinski definition) is 4. The van der Waals surface area contributed by atoms with Crippen LogP contribution < -0.4 is 20.7 Å². The van der Waals surface area contributed by atoms with Gasteiger partial charge in [0, 0.05) is 29.2 Å². The van der Waals surface area contributed by atoms with Crippen LogP contribution in [-0.4, -0.2) is 36.9 Å². The maximum absolute atomic E-state index is 12.6. The minimum Gasteiger partial charge on any atom is -0.494 e. The SMILES string of the molecule is CCOc1ccc(NC(=O)CCNC(=O)C(CC(C)C)NC(=O)c2ccc(Cl)cc2)cc1. The van der Waals surface area contributed by atoms with Crippen molar-refractivity contribution in [1.82, 2.24) is 10.6 Å². The van der Waals surface area contributed by atoms with Crippen molar-refractivity contribution in [3.05, 3.63) is 59.1 Å². The zero-order valence-corrected chi connectivity index (χ0v) is 19.4. The van der Waals surface area contributed by atoms with E-state index in [1.807, 2.05) is 20.8 Å². The fourth-order valence-electron chi connectivity index (χ4n) is 2.99. The molecule has 2 rings (SSSR count). The van der Waals surface area contributed by atoms with Gasteiger partial charge >= 0.3 is 0 Å². The molecule has 8 heteroatoms. The minimum absolute atomic E-state index is 0.110. The van der Waals surface area contributed by atoms with Crippen LogP contribution in [0.5, 0.6) is 5.75 Å². The number of hydrogen-bond donors (Lipinski definition) is 3. The number of carbonyl (C=O) groups excluding carboxylic acids is 3. The molecule has 3 N–H and O–H groups in total. The highest BCUT2D eigenvalue weighted by molar-refractivity contribution is 6.30. The highest BCUT2D eigenvalue weighted by atomic mass is 35.5. The first kappa shape index (κ1) is 25.2. The molecular weight excluding hydrogens is 430 g/mol. The number of halogens is 1. The smallest absolute Gasteiger partial charge is 0.251 e. The lowest BCUT2D eigenvalue weighted by Gasteiger charge is -2.20. The summed E-state index contributed by atoms with van der Waals surface area (Å²) in [6.07, 6.45) is 0.585. The number of carbonyl (C=O) groups is 3. The minimum atomic E-state index is -0.702. The van der Waals surface area contributed by atoms with E-state index in [2.05, 4.69) is 16.0 Å². The van der Waals surface area contributed by atoms with Crippen molar-refractivity contribution in [3.8, 4) is 5.75 Å². The molecule has 0 spiro atoms. The summed E-state index contributed by atoms with van der Waals surface area (Å²) in [6.45, 7) is 6.58. The quantitative estimate of drug-likeness (QED) is 0.472. The van der Waals surface area contributed by atoms with Gasteiger partial charge in [0.05, 0.1) is 6.61 Å². The zero-order chi connectivity index (χ0) is 23.5. The van der Waals surface area contributed by atoms with Crippen LogP contribution in [0.3, 0.4) is 0 Å². The van der Waals surface area contributed by atoms with Crippen molar-refractivity contribution in [2.24, 2.45) is 5.92 Å². The average molecular weight is 460 g/mol. The molecular formula is C24H30ClN3O4. The average Bonchev–Trinajstić information content (AvgIpc) is 2.75. The van der Waals surface area contributed by atoms with Crippen LogP contribution >= 0.6 is 11.6 Å². The second kappa shape index (κ2) is 12.7. The lowest BCUT2D eigenvalue weighted by molar-refractivity contribution is -0.123. The topological polar surface area (TPSA) is 96.5 Å². The van der Waals surface area contributed by atoms with Gasteiger partial charge in [-0.05, 0) is 67.8 Å². The van der Waals surface area contributed by atoms with Crippen LogP contribution in [0.4, 0.5) is 5.69 Å². The van der Waals surface area contributed by atoms with E-state index in [0.717, 1.165) is 5.75 Å². The lowest BCUT2D eigenvalue weighted by atomic mass is 10.0. The van der Waals surface area contributed by atoms with E-state index in [9.17, 15) is 14.4 Å². The normalized spacial score (nSPS) is 11.5. The lowest BCUT2D eigenvalue weighted by Crippen LogP contribution is -2.47. The van der Waals surface area contributed by atoms with Gasteiger partial charge < -0.3 is 20.7 Å². The van der Waals surface area contributed by atoms with E-state index < -0.39 is 6.04 Å². The van der Waals surface area contributed by atoms with Crippen LogP contribution in [0.25, 0.3) is 0 Å². The van der Waals surface area contributed by atoms with Crippen molar-refractivity contribution < 1.29 is 19.1 Å². The summed E-state index contributed by atoms with van der Waals surface area (Å²) < 4.78 is 5.37. The van der Waals surface area contributed by atoms with E-state index >= 15 is 0 Å². The van der Waals surface area contributed by atoms with Crippen LogP contribution in [0.15, 0.2) is 48.5 Å². The van der Waals surface area contributed by atoms with Crippen molar-refractivity contribution in [3.63, 3.8) is 0 Å². The third-order valence-corrected chi connectivity index (χ3v) is 4.79. The number of nitrogens with one attached hydrogen (secondary N) is 3. The summed E-state index contributed by atoms with van der Waals surface area (Å²) in [6, 6.07) is 12.8. The number of benzene rings is 2. The Labute approximate surface area is 193 Å². The zero-order valence-electron chi connectivity index (χ0n) is 18.6. The van der Waals surface area contributed by atoms with Crippen LogP contribution in [0.2, 0.25) is 5.02 Å². The molecule has 0 bridgehead atoms. The van der Waals surface area contributed by atoms with Crippen molar-refractivity contribution in [1.29, 1.82) is 0 Å². The van der Waals surface area contributed by atoms with Crippen molar-refractivity contribution in [2.45, 2.75) is 39.7 Å². The molecule has 0 aliphatic heterocycles. The molecule has 0 saturated carbocycles. The second-order valence-electron chi connectivity index (χ2n) is 7.71. The third-order valence-electron chi connectivity index (χ3n) is 4.54. The molecule has 0 aromatic heterocycles. The van der Waals surface area contributed by atoms with Crippen LogP contribution in [0.1, 0.15) is 44.0 Å². The Balaban J connectivity index is 1.84. The molecule has 172 valence electrons. The molecule has 0 fully saturated rings. The summed E-state index contributed by atoms with van der Waals surface area (Å²) in [7, 11) is 0. The van der Waals surface area contributed by atoms with E-state index in [0.29, 0.717) is 29.3 Å². The highest BCUT2D eigenvalue weighted by Crippen LogP contribution is 2.16. The highest BCUT2D eigenvalue weighted by Gasteiger charge is 2.22. The molecule has 2 aromatic carbocycles. The van der Waals surface area contributed by atoms with Crippen molar-refractivity contribution >= 4 is 35.0 Å². The third kappa shape index (κ3) is 8.59. The summed E-state index contributed by atoms with van der Waals surface area (Å²) in [5.74, 6) is 0.0273. The molecule has 0 aliphatic carbocycles. The molecule has 2 aromatic rings. The fourth-order valence-corrected chi connectivity index (χ4v) is 3.12. The molecule has 7 nitrogen and oxygen atoms in total. The number of rotatable bonds is 11. The summed E-state index contributed by atoms with van der Waals surface area (Å²) in [5.41, 5.74) is 1.07. The van der Waals surface area contributed by atoms with E-state index in [1.165, 1.54) is 0 Å². The van der Waals surface area contributed by atoms with Crippen LogP contribution in [-0.2, 0) is 9.59 Å². The number of amides is 3. The standard InChI is InChI=1S/C24H30ClN3O4/c1-4-32-20-11-9-19(10-12-20)27-22(29)13-14-26-24(31)21(15-16(2)3)28-23(30)17-5-7-18(25)8-6-17/h5-12,16,21H,4,13-15H2,1-3H3,(H,26,31)(H,27,29)(H,28,30). The molecule has 1 unspecified atom stereocenters. The maximum atomic E-state index is 12.6. The van der Waals surface area contributed by atoms with Crippen molar-refractivity contribution in [2.75, 3.05) is 18.5 Å². The Morgan fingerprint density at radius 2 is 1.66 bits per heavy atom. The number of ether oxygens (including phenoxy) is 1. The molecule has 0 saturated heterocycles. The number of anilines is 1. The predicted octanol–water partition coefficient (Wildman–Crippen LogP) is 4.03. The van der Waals surface area contributed by atoms with Gasteiger partial charge in [0.2, 0.25) is 11.8 Å². The summed E-state index contributed by atoms with van der Waals surface area (Å²) in [4.78, 5) is 37.3. The first-order chi connectivity index (χ1) is 15.3. The first-order valence-electron chi connectivity index (χ1n) is 10.6. The molecule has 3 amide bonds. The van der Waals surface area contributed by atoms with E-state index in [-0.39, 0.29) is 36.6 Å². The Morgan fingerprint density at radius 1 is 1.00 bits per heavy atom. The maximum Gasteiger partial charge on any atom is 0.251 e.